The predicted octanol–water partition coefficient (Wildman–Crippen LogP) is 23.9. The molecule has 0 fully saturated rings. The highest BCUT2D eigenvalue weighted by atomic mass is 16.6. The molecule has 0 radical (unpaired) electrons. The molecule has 6 nitrogen and oxygen atoms in total. The van der Waals surface area contributed by atoms with Crippen LogP contribution in [-0.4, -0.2) is 37.2 Å². The minimum Gasteiger partial charge on any atom is -0.462 e. The first-order chi connectivity index (χ1) is 39.0. The smallest absolute Gasteiger partial charge is 0.306 e. The molecule has 0 aliphatic heterocycles. The minimum absolute atomic E-state index is 0.0696. The summed E-state index contributed by atoms with van der Waals surface area (Å²) in [5.74, 6) is -0.849. The van der Waals surface area contributed by atoms with Crippen LogP contribution in [0.3, 0.4) is 0 Å². The van der Waals surface area contributed by atoms with Gasteiger partial charge in [0, 0.05) is 19.3 Å². The molecule has 6 heteroatoms. The van der Waals surface area contributed by atoms with Crippen molar-refractivity contribution >= 4 is 17.9 Å². The van der Waals surface area contributed by atoms with E-state index in [0.29, 0.717) is 19.3 Å². The van der Waals surface area contributed by atoms with Gasteiger partial charge in [0.15, 0.2) is 6.10 Å². The van der Waals surface area contributed by atoms with E-state index >= 15 is 0 Å². The lowest BCUT2D eigenvalue weighted by atomic mass is 10.0. The Morgan fingerprint density at radius 2 is 0.494 bits per heavy atom. The van der Waals surface area contributed by atoms with E-state index in [9.17, 15) is 14.4 Å². The van der Waals surface area contributed by atoms with Gasteiger partial charge >= 0.3 is 17.9 Å². The Labute approximate surface area is 491 Å². The van der Waals surface area contributed by atoms with Crippen LogP contribution in [-0.2, 0) is 28.6 Å². The molecule has 0 amide bonds. The second-order valence-corrected chi connectivity index (χ2v) is 23.4. The lowest BCUT2D eigenvalue weighted by Gasteiger charge is -2.18. The van der Waals surface area contributed by atoms with Crippen molar-refractivity contribution in [2.75, 3.05) is 13.2 Å². The molecule has 1 unspecified atom stereocenters. The number of ether oxygens (including phenoxy) is 3. The summed E-state index contributed by atoms with van der Waals surface area (Å²) < 4.78 is 17.0. The Kier molecular flexibility index (Phi) is 65.1. The van der Waals surface area contributed by atoms with Crippen molar-refractivity contribution in [2.45, 2.75) is 374 Å². The topological polar surface area (TPSA) is 78.9 Å². The van der Waals surface area contributed by atoms with Crippen LogP contribution in [0.1, 0.15) is 367 Å². The van der Waals surface area contributed by atoms with E-state index < -0.39 is 6.10 Å². The molecule has 1 atom stereocenters. The maximum Gasteiger partial charge on any atom is 0.306 e. The molecule has 0 aromatic rings. The van der Waals surface area contributed by atoms with E-state index in [2.05, 4.69) is 81.5 Å². The summed E-state index contributed by atoms with van der Waals surface area (Å²) in [6, 6.07) is 0. The maximum atomic E-state index is 12.9. The maximum absolute atomic E-state index is 12.9. The van der Waals surface area contributed by atoms with E-state index in [0.717, 1.165) is 83.5 Å². The van der Waals surface area contributed by atoms with Crippen molar-refractivity contribution in [3.8, 4) is 0 Å². The summed E-state index contributed by atoms with van der Waals surface area (Å²) in [6.07, 6.45) is 86.8. The molecule has 0 aliphatic carbocycles. The van der Waals surface area contributed by atoms with Crippen molar-refractivity contribution in [3.63, 3.8) is 0 Å². The number of unbranched alkanes of at least 4 members (excludes halogenated alkanes) is 43. The minimum atomic E-state index is -0.773. The molecule has 0 aromatic heterocycles. The van der Waals surface area contributed by atoms with Gasteiger partial charge in [-0.1, -0.05) is 326 Å². The van der Waals surface area contributed by atoms with Crippen LogP contribution in [0.5, 0.6) is 0 Å². The molecule has 0 saturated heterocycles. The van der Waals surface area contributed by atoms with Gasteiger partial charge in [-0.05, 0) is 83.5 Å². The zero-order chi connectivity index (χ0) is 57.1. The Bertz CT molecular complexity index is 1410. The number of carbonyl (C=O) groups excluding carboxylic acids is 3. The first-order valence-corrected chi connectivity index (χ1v) is 34.8. The zero-order valence-electron chi connectivity index (χ0n) is 52.9. The van der Waals surface area contributed by atoms with Crippen molar-refractivity contribution in [1.82, 2.24) is 0 Å². The monoisotopic (exact) mass is 1110 g/mol. The fourth-order valence-corrected chi connectivity index (χ4v) is 10.3. The molecular formula is C73H132O6. The third-order valence-corrected chi connectivity index (χ3v) is 15.5. The second-order valence-electron chi connectivity index (χ2n) is 23.4. The van der Waals surface area contributed by atoms with Crippen molar-refractivity contribution in [2.24, 2.45) is 0 Å². The SMILES string of the molecule is CC/C=C\C/C=C\C/C=C\C/C=C\CCCCCCCCCCCCCCCCCCCCC(=O)OCC(COC(=O)CCCCCCCCCCCCCCC)OC(=O)CCCCCCCCC/C=C\CCCCCCCC. The number of rotatable bonds is 64. The van der Waals surface area contributed by atoms with Crippen molar-refractivity contribution < 1.29 is 28.6 Å². The van der Waals surface area contributed by atoms with Gasteiger partial charge in [-0.25, -0.2) is 0 Å². The highest BCUT2D eigenvalue weighted by Gasteiger charge is 2.19. The third-order valence-electron chi connectivity index (χ3n) is 15.5. The average Bonchev–Trinajstić information content (AvgIpc) is 3.45. The number of carbonyl (C=O) groups is 3. The summed E-state index contributed by atoms with van der Waals surface area (Å²) in [5, 5.41) is 0. The first-order valence-electron chi connectivity index (χ1n) is 34.8. The molecule has 0 spiro atoms. The Hall–Kier alpha value is -2.89. The summed E-state index contributed by atoms with van der Waals surface area (Å²) in [7, 11) is 0. The standard InChI is InChI=1S/C73H132O6/c1-4-7-10-13-16-19-22-25-27-29-30-31-32-33-34-35-36-37-38-39-40-41-42-44-45-48-51-54-57-60-63-66-72(75)78-69-70(68-77-71(74)65-62-59-56-53-50-47-24-21-18-15-12-9-6-3)79-73(76)67-64-61-58-55-52-49-46-43-28-26-23-20-17-14-11-8-5-2/h7,10,16,19,25-28,30-31,70H,4-6,8-9,11-15,17-18,20-24,29,32-69H2,1-3H3/b10-7-,19-16-,27-25-,28-26-,31-30-. The third kappa shape index (κ3) is 65.8. The molecule has 460 valence electrons. The lowest BCUT2D eigenvalue weighted by molar-refractivity contribution is -0.167. The van der Waals surface area contributed by atoms with E-state index in [1.165, 1.54) is 244 Å². The molecule has 0 rings (SSSR count). The van der Waals surface area contributed by atoms with Gasteiger partial charge in [0.05, 0.1) is 0 Å². The van der Waals surface area contributed by atoms with Gasteiger partial charge in [0.25, 0.3) is 0 Å². The Morgan fingerprint density at radius 1 is 0.266 bits per heavy atom. The summed E-state index contributed by atoms with van der Waals surface area (Å²) in [4.78, 5) is 38.4. The van der Waals surface area contributed by atoms with Crippen LogP contribution in [0, 0.1) is 0 Å². The van der Waals surface area contributed by atoms with Gasteiger partial charge in [0.2, 0.25) is 0 Å². The van der Waals surface area contributed by atoms with Gasteiger partial charge in [0.1, 0.15) is 13.2 Å². The predicted molar refractivity (Wildman–Crippen MR) is 344 cm³/mol. The van der Waals surface area contributed by atoms with Crippen LogP contribution in [0.2, 0.25) is 0 Å². The lowest BCUT2D eigenvalue weighted by Crippen LogP contribution is -2.30. The Morgan fingerprint density at radius 3 is 0.785 bits per heavy atom. The number of allylic oxidation sites excluding steroid dienone is 10. The van der Waals surface area contributed by atoms with Crippen LogP contribution < -0.4 is 0 Å². The van der Waals surface area contributed by atoms with E-state index in [1.54, 1.807) is 0 Å². The molecule has 0 N–H and O–H groups in total. The Balaban J connectivity index is 4.16. The molecular weight excluding hydrogens is 973 g/mol. The average molecular weight is 1110 g/mol. The van der Waals surface area contributed by atoms with E-state index in [4.69, 9.17) is 14.2 Å². The molecule has 0 heterocycles. The highest BCUT2D eigenvalue weighted by molar-refractivity contribution is 5.71. The fraction of sp³-hybridized carbons (Fsp3) is 0.822. The fourth-order valence-electron chi connectivity index (χ4n) is 10.3. The van der Waals surface area contributed by atoms with Crippen LogP contribution in [0.15, 0.2) is 60.8 Å². The molecule has 0 aliphatic rings. The number of hydrogen-bond acceptors (Lipinski definition) is 6. The highest BCUT2D eigenvalue weighted by Crippen LogP contribution is 2.18. The van der Waals surface area contributed by atoms with Crippen LogP contribution in [0.25, 0.3) is 0 Å². The largest absolute Gasteiger partial charge is 0.462 e. The van der Waals surface area contributed by atoms with Crippen LogP contribution in [0.4, 0.5) is 0 Å². The summed E-state index contributed by atoms with van der Waals surface area (Å²) in [6.45, 7) is 6.58. The number of hydrogen-bond donors (Lipinski definition) is 0. The molecule has 79 heavy (non-hydrogen) atoms. The quantitative estimate of drug-likeness (QED) is 0.0261. The van der Waals surface area contributed by atoms with Gasteiger partial charge in [-0.15, -0.1) is 0 Å². The normalized spacial score (nSPS) is 12.4. The van der Waals surface area contributed by atoms with Crippen molar-refractivity contribution in [1.29, 1.82) is 0 Å². The van der Waals surface area contributed by atoms with E-state index in [-0.39, 0.29) is 31.1 Å². The summed E-state index contributed by atoms with van der Waals surface area (Å²) in [5.41, 5.74) is 0. The van der Waals surface area contributed by atoms with Gasteiger partial charge in [-0.2, -0.15) is 0 Å². The number of esters is 3. The molecule has 0 aromatic carbocycles. The zero-order valence-corrected chi connectivity index (χ0v) is 52.9. The van der Waals surface area contributed by atoms with Gasteiger partial charge < -0.3 is 14.2 Å². The molecule has 0 bridgehead atoms. The second kappa shape index (κ2) is 67.6. The molecule has 0 saturated carbocycles. The van der Waals surface area contributed by atoms with E-state index in [1.807, 2.05) is 0 Å². The van der Waals surface area contributed by atoms with Gasteiger partial charge in [-0.3, -0.25) is 14.4 Å². The summed E-state index contributed by atoms with van der Waals surface area (Å²) >= 11 is 0. The van der Waals surface area contributed by atoms with Crippen LogP contribution >= 0.6 is 0 Å². The first kappa shape index (κ1) is 76.1. The van der Waals surface area contributed by atoms with Crippen molar-refractivity contribution in [3.05, 3.63) is 60.8 Å².